The smallest absolute Gasteiger partial charge is 0.222 e. The second kappa shape index (κ2) is 16.6. The minimum atomic E-state index is -1.73. The van der Waals surface area contributed by atoms with Gasteiger partial charge in [0, 0.05) is 76.6 Å². The zero-order valence-corrected chi connectivity index (χ0v) is 33.7. The van der Waals surface area contributed by atoms with Gasteiger partial charge in [0.25, 0.3) is 0 Å². The number of rotatable bonds is 11. The summed E-state index contributed by atoms with van der Waals surface area (Å²) >= 11 is 0. The first kappa shape index (κ1) is 40.7. The van der Waals surface area contributed by atoms with E-state index in [0.29, 0.717) is 19.4 Å². The van der Waals surface area contributed by atoms with Gasteiger partial charge in [-0.25, -0.2) is 4.98 Å². The van der Waals surface area contributed by atoms with Crippen molar-refractivity contribution in [2.45, 2.75) is 109 Å². The molecule has 8 bridgehead atoms. The molecule has 1 unspecified atom stereocenters. The van der Waals surface area contributed by atoms with Crippen LogP contribution in [0.3, 0.4) is 0 Å². The average Bonchev–Trinajstić information content (AvgIpc) is 3.87. The van der Waals surface area contributed by atoms with Crippen molar-refractivity contribution >= 4 is 56.5 Å². The second-order valence-corrected chi connectivity index (χ2v) is 16.8. The standard InChI is InChI=1S/C42H55N5O7S/c1-9-26-23(5)32-19-35-27(10-2)22(4)31(44-35)18-33-24(6)28(38(46-33)25(7)30-16-21(3)29(43-30)17-34(26)45-32)12-13-37(49)47(8)14-11-15-55(53)42-41(52)40(51)39(50)36(20-48)54-42/h10,16-19,24,28,36,39-42,44-45,48,50-52H,2,9,11-15,20H2,1,3-8H3/t24-,28-,36+,39+,40-,41+,42-,55?/m0/s1. The fourth-order valence-corrected chi connectivity index (χ4v) is 9.51. The van der Waals surface area contributed by atoms with Crippen molar-refractivity contribution < 1.29 is 34.2 Å². The molecule has 0 aromatic carbocycles. The number of hydrogen-bond donors (Lipinski definition) is 6. The maximum atomic E-state index is 13.5. The number of aryl methyl sites for hydroxylation is 3. The molecule has 3 aliphatic rings. The molecule has 55 heavy (non-hydrogen) atoms. The van der Waals surface area contributed by atoms with Gasteiger partial charge in [-0.1, -0.05) is 26.5 Å². The Hall–Kier alpha value is -3.98. The third-order valence-electron chi connectivity index (χ3n) is 11.7. The van der Waals surface area contributed by atoms with Crippen LogP contribution in [-0.2, 0) is 26.8 Å². The van der Waals surface area contributed by atoms with Crippen molar-refractivity contribution in [1.82, 2.24) is 24.8 Å². The Kier molecular flexibility index (Phi) is 12.3. The van der Waals surface area contributed by atoms with Crippen LogP contribution in [0.25, 0.3) is 39.8 Å². The van der Waals surface area contributed by atoms with E-state index in [9.17, 15) is 29.4 Å². The van der Waals surface area contributed by atoms with Gasteiger partial charge in [0.05, 0.1) is 28.8 Å². The van der Waals surface area contributed by atoms with Crippen LogP contribution in [0.2, 0.25) is 0 Å². The summed E-state index contributed by atoms with van der Waals surface area (Å²) in [5.74, 6) is 0.0209. The fraction of sp³-hybridized carbons (Fsp3) is 0.500. The van der Waals surface area contributed by atoms with Crippen LogP contribution in [0.1, 0.15) is 102 Å². The van der Waals surface area contributed by atoms with E-state index in [-0.39, 0.29) is 29.9 Å². The Morgan fingerprint density at radius 3 is 2.38 bits per heavy atom. The van der Waals surface area contributed by atoms with E-state index in [1.54, 1.807) is 11.9 Å². The molecule has 1 saturated heterocycles. The molecule has 6 heterocycles. The number of carbonyl (C=O) groups excluding carboxylic acids is 1. The van der Waals surface area contributed by atoms with Crippen molar-refractivity contribution in [3.05, 3.63) is 75.4 Å². The van der Waals surface area contributed by atoms with E-state index in [2.05, 4.69) is 82.4 Å². The first-order valence-corrected chi connectivity index (χ1v) is 20.5. The normalized spacial score (nSPS) is 24.4. The van der Waals surface area contributed by atoms with Crippen molar-refractivity contribution in [3.63, 3.8) is 0 Å². The number of carbonyl (C=O) groups is 1. The Morgan fingerprint density at radius 1 is 0.982 bits per heavy atom. The minimum absolute atomic E-state index is 0.0176. The van der Waals surface area contributed by atoms with Crippen LogP contribution in [0.15, 0.2) is 24.8 Å². The van der Waals surface area contributed by atoms with E-state index < -0.39 is 47.3 Å². The maximum absolute atomic E-state index is 13.5. The number of amides is 1. The van der Waals surface area contributed by atoms with Gasteiger partial charge in [-0.15, -0.1) is 0 Å². The van der Waals surface area contributed by atoms with Crippen LogP contribution in [0.4, 0.5) is 0 Å². The number of H-pyrrole nitrogens is 2. The zero-order chi connectivity index (χ0) is 39.9. The fourth-order valence-electron chi connectivity index (χ4n) is 8.12. The molecular formula is C42H55N5O7S. The lowest BCUT2D eigenvalue weighted by molar-refractivity contribution is -0.206. The largest absolute Gasteiger partial charge is 0.394 e. The van der Waals surface area contributed by atoms with Crippen LogP contribution in [-0.4, -0.2) is 111 Å². The number of aliphatic hydroxyl groups excluding tert-OH is 4. The Morgan fingerprint density at radius 2 is 1.69 bits per heavy atom. The van der Waals surface area contributed by atoms with Crippen LogP contribution >= 0.6 is 0 Å². The SMILES string of the molecule is C=Cc1c(C)c2cc3nc(c(C)c4nc(cc5[nH]c(cc1[nH]2)c(C)c5CC)C(C)=C4)[C@@H](CCC(=O)N(C)CCCS(=O)[C@@H]1O[C@H](CO)[C@@H](O)[C@H](O)[C@H]1O)[C@@H]3C. The molecule has 296 valence electrons. The summed E-state index contributed by atoms with van der Waals surface area (Å²) in [5.41, 5.74) is 13.0. The molecule has 13 heteroatoms. The third kappa shape index (κ3) is 7.88. The lowest BCUT2D eigenvalue weighted by atomic mass is 9.85. The summed E-state index contributed by atoms with van der Waals surface area (Å²) < 4.78 is 18.5. The number of hydrogen-bond acceptors (Lipinski definition) is 9. The number of aromatic amines is 2. The molecule has 0 radical (unpaired) electrons. The molecule has 6 N–H and O–H groups in total. The summed E-state index contributed by atoms with van der Waals surface area (Å²) in [6, 6.07) is 6.42. The molecule has 3 aromatic rings. The molecule has 0 saturated carbocycles. The van der Waals surface area contributed by atoms with E-state index >= 15 is 0 Å². The molecule has 6 rings (SSSR count). The predicted molar refractivity (Wildman–Crippen MR) is 218 cm³/mol. The van der Waals surface area contributed by atoms with Gasteiger partial charge < -0.3 is 40.0 Å². The van der Waals surface area contributed by atoms with Gasteiger partial charge in [-0.2, -0.15) is 0 Å². The summed E-state index contributed by atoms with van der Waals surface area (Å²) in [6.45, 7) is 16.6. The molecule has 3 aliphatic heterocycles. The van der Waals surface area contributed by atoms with Crippen LogP contribution < -0.4 is 0 Å². The summed E-state index contributed by atoms with van der Waals surface area (Å²) in [5, 5.41) is 40.0. The minimum Gasteiger partial charge on any atom is -0.394 e. The van der Waals surface area contributed by atoms with E-state index in [4.69, 9.17) is 14.7 Å². The topological polar surface area (TPSA) is 185 Å². The van der Waals surface area contributed by atoms with Crippen LogP contribution in [0.5, 0.6) is 0 Å². The number of fused-ring (bicyclic) bond motifs is 8. The molecule has 3 aromatic heterocycles. The molecule has 8 atom stereocenters. The quantitative estimate of drug-likeness (QED) is 0.155. The monoisotopic (exact) mass is 773 g/mol. The summed E-state index contributed by atoms with van der Waals surface area (Å²) in [7, 11) is -0.0166. The second-order valence-electron chi connectivity index (χ2n) is 15.2. The number of aliphatic hydroxyl groups is 4. The van der Waals surface area contributed by atoms with E-state index in [1.165, 1.54) is 11.1 Å². The maximum Gasteiger partial charge on any atom is 0.222 e. The highest BCUT2D eigenvalue weighted by atomic mass is 32.2. The van der Waals surface area contributed by atoms with Crippen molar-refractivity contribution in [2.75, 3.05) is 26.0 Å². The lowest BCUT2D eigenvalue weighted by Crippen LogP contribution is -2.59. The lowest BCUT2D eigenvalue weighted by Gasteiger charge is -2.39. The van der Waals surface area contributed by atoms with Gasteiger partial charge in [0.15, 0.2) is 5.44 Å². The molecule has 0 spiro atoms. The molecule has 1 fully saturated rings. The van der Waals surface area contributed by atoms with Crippen molar-refractivity contribution in [3.8, 4) is 0 Å². The highest BCUT2D eigenvalue weighted by molar-refractivity contribution is 7.85. The van der Waals surface area contributed by atoms with E-state index in [0.717, 1.165) is 73.5 Å². The third-order valence-corrected chi connectivity index (χ3v) is 13.3. The van der Waals surface area contributed by atoms with Crippen molar-refractivity contribution in [2.24, 2.45) is 0 Å². The summed E-state index contributed by atoms with van der Waals surface area (Å²) in [6.07, 6.45) is 0.304. The summed E-state index contributed by atoms with van der Waals surface area (Å²) in [4.78, 5) is 32.8. The number of aromatic nitrogens is 4. The number of allylic oxidation sites excluding steroid dienone is 1. The van der Waals surface area contributed by atoms with Gasteiger partial charge in [-0.3, -0.25) is 14.0 Å². The van der Waals surface area contributed by atoms with Gasteiger partial charge in [-0.05, 0) is 99.1 Å². The van der Waals surface area contributed by atoms with Gasteiger partial charge >= 0.3 is 0 Å². The molecular weight excluding hydrogens is 719 g/mol. The molecule has 0 aliphatic carbocycles. The first-order valence-electron chi connectivity index (χ1n) is 19.1. The number of nitrogens with one attached hydrogen (secondary N) is 2. The highest BCUT2D eigenvalue weighted by Gasteiger charge is 2.45. The average molecular weight is 774 g/mol. The Balaban J connectivity index is 1.27. The van der Waals surface area contributed by atoms with Gasteiger partial charge in [0.1, 0.15) is 24.4 Å². The molecule has 12 nitrogen and oxygen atoms in total. The van der Waals surface area contributed by atoms with Crippen molar-refractivity contribution in [1.29, 1.82) is 0 Å². The van der Waals surface area contributed by atoms with Crippen LogP contribution in [0, 0.1) is 20.8 Å². The predicted octanol–water partition coefficient (Wildman–Crippen LogP) is 5.07. The first-order chi connectivity index (χ1) is 26.2. The number of nitrogens with zero attached hydrogens (tertiary/aromatic N) is 3. The number of ether oxygens (including phenoxy) is 1. The molecule has 1 amide bonds. The Labute approximate surface area is 324 Å². The van der Waals surface area contributed by atoms with Gasteiger partial charge in [0.2, 0.25) is 5.91 Å². The van der Waals surface area contributed by atoms with E-state index in [1.807, 2.05) is 6.08 Å². The highest BCUT2D eigenvalue weighted by Crippen LogP contribution is 2.42. The Bertz CT molecular complexity index is 2190. The zero-order valence-electron chi connectivity index (χ0n) is 32.8.